The Balaban J connectivity index is -0.000000263. The summed E-state index contributed by atoms with van der Waals surface area (Å²) in [5.41, 5.74) is 5.40. The molecule has 0 N–H and O–H groups in total. The van der Waals surface area contributed by atoms with Crippen molar-refractivity contribution < 1.29 is 19.1 Å². The summed E-state index contributed by atoms with van der Waals surface area (Å²) in [4.78, 5) is 26.1. The van der Waals surface area contributed by atoms with Crippen molar-refractivity contribution in [2.75, 3.05) is 7.11 Å². The van der Waals surface area contributed by atoms with E-state index in [1.165, 1.54) is 26.4 Å². The Hall–Kier alpha value is -2.19. The van der Waals surface area contributed by atoms with Gasteiger partial charge in [0, 0.05) is 6.08 Å². The van der Waals surface area contributed by atoms with E-state index in [1.54, 1.807) is 11.1 Å². The number of allylic oxidation sites excluding steroid dienone is 4. The van der Waals surface area contributed by atoms with Gasteiger partial charge in [0.2, 0.25) is 0 Å². The molecule has 1 unspecified atom stereocenters. The average Bonchev–Trinajstić information content (AvgIpc) is 2.52. The van der Waals surface area contributed by atoms with Crippen molar-refractivity contribution in [1.29, 1.82) is 0 Å². The fraction of sp³-hybridized carbons (Fsp3) is 0.500. The van der Waals surface area contributed by atoms with E-state index in [4.69, 9.17) is 9.59 Å². The van der Waals surface area contributed by atoms with Gasteiger partial charge in [-0.1, -0.05) is 49.0 Å². The molecule has 0 fully saturated rings. The highest BCUT2D eigenvalue weighted by molar-refractivity contribution is 5.80. The van der Waals surface area contributed by atoms with Gasteiger partial charge in [0.25, 0.3) is 0 Å². The van der Waals surface area contributed by atoms with E-state index in [2.05, 4.69) is 45.2 Å². The van der Waals surface area contributed by atoms with Crippen molar-refractivity contribution in [1.82, 2.24) is 0 Å². The van der Waals surface area contributed by atoms with Gasteiger partial charge in [-0.2, -0.15) is 9.59 Å². The van der Waals surface area contributed by atoms with Gasteiger partial charge < -0.3 is 4.74 Å². The summed E-state index contributed by atoms with van der Waals surface area (Å²) in [5.74, 6) is 0.545. The van der Waals surface area contributed by atoms with E-state index in [0.29, 0.717) is 0 Å². The van der Waals surface area contributed by atoms with Crippen LogP contribution in [0.25, 0.3) is 0 Å². The molecule has 0 bridgehead atoms. The molecule has 0 spiro atoms. The highest BCUT2D eigenvalue weighted by atomic mass is 16.5. The van der Waals surface area contributed by atoms with Crippen LogP contribution in [0.4, 0.5) is 0 Å². The molecule has 0 aromatic rings. The van der Waals surface area contributed by atoms with Crippen LogP contribution in [-0.2, 0) is 19.1 Å². The Morgan fingerprint density at radius 2 is 1.58 bits per heavy atom. The van der Waals surface area contributed by atoms with Crippen LogP contribution in [0, 0.1) is 5.92 Å². The van der Waals surface area contributed by atoms with E-state index >= 15 is 0 Å². The van der Waals surface area contributed by atoms with Crippen LogP contribution in [0.2, 0.25) is 0 Å². The van der Waals surface area contributed by atoms with Gasteiger partial charge in [-0.25, -0.2) is 4.79 Å². The zero-order valence-corrected chi connectivity index (χ0v) is 16.0. The third kappa shape index (κ3) is 19.8. The first kappa shape index (κ1) is 26.7. The van der Waals surface area contributed by atoms with E-state index < -0.39 is 5.97 Å². The first-order valence-electron chi connectivity index (χ1n) is 7.73. The molecule has 136 valence electrons. The third-order valence-corrected chi connectivity index (χ3v) is 3.49. The summed E-state index contributed by atoms with van der Waals surface area (Å²) in [6, 6.07) is 0. The summed E-state index contributed by atoms with van der Waals surface area (Å²) in [6.45, 7) is 21.2. The SMILES string of the molecule is C=C(C)C(=C)C.C=CC(=O)OC.CC1=C(C)CC(C)CC1.O=C=O. The Morgan fingerprint density at radius 1 is 1.17 bits per heavy atom. The van der Waals surface area contributed by atoms with Crippen LogP contribution < -0.4 is 0 Å². The average molecular weight is 336 g/mol. The lowest BCUT2D eigenvalue weighted by Crippen LogP contribution is -2.03. The van der Waals surface area contributed by atoms with Gasteiger partial charge in [-0.3, -0.25) is 0 Å². The second kappa shape index (κ2) is 17.2. The van der Waals surface area contributed by atoms with Crippen molar-refractivity contribution >= 4 is 12.1 Å². The van der Waals surface area contributed by atoms with Gasteiger partial charge in [-0.15, -0.1) is 0 Å². The number of methoxy groups -OCH3 is 1. The first-order chi connectivity index (χ1) is 11.1. The smallest absolute Gasteiger partial charge is 0.373 e. The Kier molecular flexibility index (Phi) is 19.1. The van der Waals surface area contributed by atoms with E-state index in [9.17, 15) is 4.79 Å². The molecule has 0 saturated carbocycles. The Bertz CT molecular complexity index is 463. The zero-order valence-electron chi connectivity index (χ0n) is 16.0. The topological polar surface area (TPSA) is 60.4 Å². The number of rotatable bonds is 2. The molecule has 1 atom stereocenters. The molecular formula is C20H32O4. The number of hydrogen-bond donors (Lipinski definition) is 0. The number of esters is 1. The molecule has 1 aliphatic carbocycles. The normalized spacial score (nSPS) is 14.8. The zero-order chi connectivity index (χ0) is 19.7. The van der Waals surface area contributed by atoms with Crippen molar-refractivity contribution in [2.24, 2.45) is 5.92 Å². The third-order valence-electron chi connectivity index (χ3n) is 3.49. The van der Waals surface area contributed by atoms with E-state index in [0.717, 1.165) is 23.1 Å². The van der Waals surface area contributed by atoms with E-state index in [1.807, 2.05) is 13.8 Å². The lowest BCUT2D eigenvalue weighted by atomic mass is 9.86. The summed E-state index contributed by atoms with van der Waals surface area (Å²) in [5, 5.41) is 0. The lowest BCUT2D eigenvalue weighted by Gasteiger charge is -2.20. The lowest BCUT2D eigenvalue weighted by molar-refractivity contribution is -0.191. The molecule has 0 aromatic carbocycles. The second-order valence-electron chi connectivity index (χ2n) is 5.78. The van der Waals surface area contributed by atoms with Crippen LogP contribution in [0.3, 0.4) is 0 Å². The second-order valence-corrected chi connectivity index (χ2v) is 5.78. The predicted octanol–water partition coefficient (Wildman–Crippen LogP) is 5.04. The summed E-state index contributed by atoms with van der Waals surface area (Å²) in [6.07, 6.45) is 5.45. The van der Waals surface area contributed by atoms with Crippen LogP contribution in [0.1, 0.15) is 53.9 Å². The molecule has 0 heterocycles. The van der Waals surface area contributed by atoms with Crippen molar-refractivity contribution in [2.45, 2.75) is 53.9 Å². The summed E-state index contributed by atoms with van der Waals surface area (Å²) in [7, 11) is 1.31. The van der Waals surface area contributed by atoms with Crippen molar-refractivity contribution in [3.05, 3.63) is 48.1 Å². The van der Waals surface area contributed by atoms with Gasteiger partial charge in [0.15, 0.2) is 0 Å². The maximum atomic E-state index is 9.84. The van der Waals surface area contributed by atoms with Crippen LogP contribution in [0.5, 0.6) is 0 Å². The van der Waals surface area contributed by atoms with Crippen molar-refractivity contribution in [3.8, 4) is 0 Å². The number of hydrogen-bond acceptors (Lipinski definition) is 4. The maximum absolute atomic E-state index is 9.84. The summed E-state index contributed by atoms with van der Waals surface area (Å²) >= 11 is 0. The fourth-order valence-electron chi connectivity index (χ4n) is 1.56. The summed E-state index contributed by atoms with van der Waals surface area (Å²) < 4.78 is 4.14. The molecule has 1 aliphatic rings. The van der Waals surface area contributed by atoms with Gasteiger partial charge in [0.1, 0.15) is 0 Å². The van der Waals surface area contributed by atoms with E-state index in [-0.39, 0.29) is 6.15 Å². The standard InChI is InChI=1S/C9H16.C6H10.C4H6O2.CO2/c1-7-4-5-8(2)9(3)6-7;1-5(2)6(3)4;1-3-4(5)6-2;2-1-3/h7H,4-6H2,1-3H3;1,3H2,2,4H3;3H,1H2,2H3;. The largest absolute Gasteiger partial charge is 0.466 e. The highest BCUT2D eigenvalue weighted by Crippen LogP contribution is 2.27. The molecule has 0 radical (unpaired) electrons. The minimum Gasteiger partial charge on any atom is -0.466 e. The molecule has 4 heteroatoms. The number of ether oxygens (including phenoxy) is 1. The van der Waals surface area contributed by atoms with Gasteiger partial charge >= 0.3 is 12.1 Å². The molecule has 24 heavy (non-hydrogen) atoms. The molecule has 4 nitrogen and oxygen atoms in total. The molecular weight excluding hydrogens is 304 g/mol. The molecule has 0 aromatic heterocycles. The van der Waals surface area contributed by atoms with Crippen LogP contribution >= 0.6 is 0 Å². The Labute approximate surface area is 147 Å². The van der Waals surface area contributed by atoms with Crippen molar-refractivity contribution in [3.63, 3.8) is 0 Å². The molecule has 1 rings (SSSR count). The van der Waals surface area contributed by atoms with Gasteiger partial charge in [0.05, 0.1) is 7.11 Å². The van der Waals surface area contributed by atoms with Crippen LogP contribution in [0.15, 0.2) is 48.1 Å². The first-order valence-corrected chi connectivity index (χ1v) is 7.73. The highest BCUT2D eigenvalue weighted by Gasteiger charge is 2.10. The maximum Gasteiger partial charge on any atom is 0.373 e. The molecule has 0 saturated heterocycles. The Morgan fingerprint density at radius 3 is 1.75 bits per heavy atom. The molecule has 0 amide bonds. The predicted molar refractivity (Wildman–Crippen MR) is 98.2 cm³/mol. The minimum absolute atomic E-state index is 0.250. The minimum atomic E-state index is -0.394. The number of carbonyl (C=O) groups excluding carboxylic acids is 3. The molecule has 0 aliphatic heterocycles. The fourth-order valence-corrected chi connectivity index (χ4v) is 1.56. The van der Waals surface area contributed by atoms with Gasteiger partial charge in [-0.05, 0) is 52.9 Å². The number of carbonyl (C=O) groups is 1. The van der Waals surface area contributed by atoms with Crippen LogP contribution in [-0.4, -0.2) is 19.2 Å². The quantitative estimate of drug-likeness (QED) is 0.307. The monoisotopic (exact) mass is 336 g/mol.